The van der Waals surface area contributed by atoms with Gasteiger partial charge < -0.3 is 18.6 Å². The molecule has 1 aliphatic heterocycles. The zero-order valence-corrected chi connectivity index (χ0v) is 15.3. The smallest absolute Gasteiger partial charge is 0.277 e. The highest BCUT2D eigenvalue weighted by atomic mass is 32.2. The Morgan fingerprint density at radius 3 is 2.93 bits per heavy atom. The van der Waals surface area contributed by atoms with Crippen LogP contribution in [0.5, 0.6) is 17.2 Å². The molecule has 0 fully saturated rings. The number of carbonyl (C=O) groups is 1. The number of aryl methyl sites for hydroxylation is 1. The number of hydrogen-bond acceptors (Lipinski definition) is 8. The number of aromatic nitrogens is 2. The third-order valence-electron chi connectivity index (χ3n) is 3.82. The van der Waals surface area contributed by atoms with Gasteiger partial charge in [0.1, 0.15) is 5.75 Å². The first-order valence-electron chi connectivity index (χ1n) is 8.25. The molecule has 0 unspecified atom stereocenters. The predicted octanol–water partition coefficient (Wildman–Crippen LogP) is 3.66. The van der Waals surface area contributed by atoms with Gasteiger partial charge >= 0.3 is 0 Å². The van der Waals surface area contributed by atoms with Crippen LogP contribution in [0.1, 0.15) is 21.8 Å². The Kier molecular flexibility index (Phi) is 4.97. The second-order valence-electron chi connectivity index (χ2n) is 5.85. The summed E-state index contributed by atoms with van der Waals surface area (Å²) in [5, 5.41) is 8.21. The molecule has 7 nitrogen and oxygen atoms in total. The number of benzene rings is 2. The van der Waals surface area contributed by atoms with Gasteiger partial charge in [-0.15, -0.1) is 10.2 Å². The quantitative estimate of drug-likeness (QED) is 0.451. The highest BCUT2D eigenvalue weighted by Crippen LogP contribution is 2.33. The Bertz CT molecular complexity index is 972. The minimum atomic E-state index is -0.0611. The summed E-state index contributed by atoms with van der Waals surface area (Å²) in [6.07, 6.45) is 0. The lowest BCUT2D eigenvalue weighted by Gasteiger charge is -2.03. The second-order valence-corrected chi connectivity index (χ2v) is 6.77. The normalized spacial score (nSPS) is 12.2. The summed E-state index contributed by atoms with van der Waals surface area (Å²) in [6.45, 7) is 2.34. The van der Waals surface area contributed by atoms with Gasteiger partial charge in [-0.25, -0.2) is 0 Å². The predicted molar refractivity (Wildman–Crippen MR) is 97.4 cm³/mol. The van der Waals surface area contributed by atoms with E-state index in [2.05, 4.69) is 10.2 Å². The van der Waals surface area contributed by atoms with Crippen LogP contribution in [-0.2, 0) is 6.61 Å². The first-order chi connectivity index (χ1) is 13.2. The maximum atomic E-state index is 12.3. The van der Waals surface area contributed by atoms with Crippen molar-refractivity contribution in [1.29, 1.82) is 0 Å². The van der Waals surface area contributed by atoms with E-state index in [1.807, 2.05) is 31.2 Å². The lowest BCUT2D eigenvalue weighted by molar-refractivity contribution is 0.102. The van der Waals surface area contributed by atoms with Crippen LogP contribution in [0, 0.1) is 6.92 Å². The number of nitrogens with zero attached hydrogens (tertiary/aromatic N) is 2. The standard InChI is InChI=1S/C19H16N2O5S/c1-12-3-2-4-14(7-12)23-9-18-20-21-19(26-18)27-10-15(22)13-5-6-16-17(8-13)25-11-24-16/h2-8H,9-11H2,1H3. The molecule has 1 aromatic heterocycles. The number of thioether (sulfide) groups is 1. The van der Waals surface area contributed by atoms with E-state index >= 15 is 0 Å². The molecule has 0 atom stereocenters. The zero-order valence-electron chi connectivity index (χ0n) is 14.5. The van der Waals surface area contributed by atoms with Gasteiger partial charge in [-0.05, 0) is 42.8 Å². The van der Waals surface area contributed by atoms with E-state index < -0.39 is 0 Å². The molecule has 0 amide bonds. The van der Waals surface area contributed by atoms with E-state index in [-0.39, 0.29) is 24.9 Å². The van der Waals surface area contributed by atoms with E-state index in [4.69, 9.17) is 18.6 Å². The van der Waals surface area contributed by atoms with Crippen molar-refractivity contribution in [1.82, 2.24) is 10.2 Å². The number of ether oxygens (including phenoxy) is 3. The number of Topliss-reactive ketones (excluding diaryl/α,β-unsaturated/α-hetero) is 1. The zero-order chi connectivity index (χ0) is 18.6. The molecule has 0 spiro atoms. The number of carbonyl (C=O) groups excluding carboxylic acids is 1. The van der Waals surface area contributed by atoms with Crippen LogP contribution in [0.15, 0.2) is 52.1 Å². The Morgan fingerprint density at radius 2 is 2.04 bits per heavy atom. The molecule has 3 aromatic rings. The topological polar surface area (TPSA) is 83.7 Å². The maximum absolute atomic E-state index is 12.3. The van der Waals surface area contributed by atoms with Crippen LogP contribution < -0.4 is 14.2 Å². The van der Waals surface area contributed by atoms with E-state index in [1.165, 1.54) is 11.8 Å². The number of ketones is 1. The van der Waals surface area contributed by atoms with Gasteiger partial charge in [0.25, 0.3) is 11.1 Å². The molecular formula is C19H16N2O5S. The average molecular weight is 384 g/mol. The molecule has 0 saturated heterocycles. The molecule has 1 aliphatic rings. The minimum Gasteiger partial charge on any atom is -0.484 e. The largest absolute Gasteiger partial charge is 0.484 e. The SMILES string of the molecule is Cc1cccc(OCc2nnc(SCC(=O)c3ccc4c(c3)OCO4)o2)c1. The molecule has 27 heavy (non-hydrogen) atoms. The van der Waals surface area contributed by atoms with E-state index in [0.717, 1.165) is 11.3 Å². The highest BCUT2D eigenvalue weighted by Gasteiger charge is 2.17. The Balaban J connectivity index is 1.31. The fourth-order valence-electron chi connectivity index (χ4n) is 2.49. The van der Waals surface area contributed by atoms with Gasteiger partial charge in [-0.3, -0.25) is 4.79 Å². The lowest BCUT2D eigenvalue weighted by atomic mass is 10.1. The Hall–Kier alpha value is -3.00. The molecule has 0 saturated carbocycles. The molecule has 0 aliphatic carbocycles. The minimum absolute atomic E-state index is 0.0611. The van der Waals surface area contributed by atoms with Crippen molar-refractivity contribution in [3.8, 4) is 17.2 Å². The van der Waals surface area contributed by atoms with Crippen molar-refractivity contribution in [2.24, 2.45) is 0 Å². The first kappa shape index (κ1) is 17.4. The molecule has 8 heteroatoms. The van der Waals surface area contributed by atoms with Crippen LogP contribution in [0.4, 0.5) is 0 Å². The van der Waals surface area contributed by atoms with Gasteiger partial charge in [-0.1, -0.05) is 23.9 Å². The first-order valence-corrected chi connectivity index (χ1v) is 9.23. The summed E-state index contributed by atoms with van der Waals surface area (Å²) in [4.78, 5) is 12.3. The fourth-order valence-corrected chi connectivity index (χ4v) is 3.16. The van der Waals surface area contributed by atoms with Crippen molar-refractivity contribution >= 4 is 17.5 Å². The summed E-state index contributed by atoms with van der Waals surface area (Å²) in [5.74, 6) is 2.44. The molecule has 2 heterocycles. The molecule has 0 bridgehead atoms. The van der Waals surface area contributed by atoms with Crippen LogP contribution in [0.25, 0.3) is 0 Å². The number of fused-ring (bicyclic) bond motifs is 1. The molecule has 4 rings (SSSR count). The van der Waals surface area contributed by atoms with E-state index in [9.17, 15) is 4.79 Å². The van der Waals surface area contributed by atoms with E-state index in [1.54, 1.807) is 18.2 Å². The third-order valence-corrected chi connectivity index (χ3v) is 4.64. The molecule has 0 N–H and O–H groups in total. The van der Waals surface area contributed by atoms with Crippen molar-refractivity contribution < 1.29 is 23.4 Å². The van der Waals surface area contributed by atoms with Gasteiger partial charge in [0, 0.05) is 5.56 Å². The van der Waals surface area contributed by atoms with Gasteiger partial charge in [0.05, 0.1) is 5.75 Å². The molecule has 2 aromatic carbocycles. The van der Waals surface area contributed by atoms with Crippen molar-refractivity contribution in [2.45, 2.75) is 18.8 Å². The summed E-state index contributed by atoms with van der Waals surface area (Å²) >= 11 is 1.18. The Labute approximate surface area is 159 Å². The summed E-state index contributed by atoms with van der Waals surface area (Å²) in [7, 11) is 0. The van der Waals surface area contributed by atoms with Crippen molar-refractivity contribution in [2.75, 3.05) is 12.5 Å². The second kappa shape index (κ2) is 7.71. The van der Waals surface area contributed by atoms with Crippen LogP contribution in [0.2, 0.25) is 0 Å². The van der Waals surface area contributed by atoms with Crippen LogP contribution in [0.3, 0.4) is 0 Å². The number of hydrogen-bond donors (Lipinski definition) is 0. The number of rotatable bonds is 7. The maximum Gasteiger partial charge on any atom is 0.277 e. The third kappa shape index (κ3) is 4.22. The molecular weight excluding hydrogens is 368 g/mol. The van der Waals surface area contributed by atoms with Gasteiger partial charge in [0.2, 0.25) is 6.79 Å². The van der Waals surface area contributed by atoms with Gasteiger partial charge in [0.15, 0.2) is 23.9 Å². The van der Waals surface area contributed by atoms with Crippen LogP contribution >= 0.6 is 11.8 Å². The molecule has 0 radical (unpaired) electrons. The highest BCUT2D eigenvalue weighted by molar-refractivity contribution is 7.99. The summed E-state index contributed by atoms with van der Waals surface area (Å²) < 4.78 is 21.7. The average Bonchev–Trinajstić information content (AvgIpc) is 3.33. The van der Waals surface area contributed by atoms with E-state index in [0.29, 0.717) is 28.2 Å². The van der Waals surface area contributed by atoms with Crippen molar-refractivity contribution in [3.63, 3.8) is 0 Å². The monoisotopic (exact) mass is 384 g/mol. The fraction of sp³-hybridized carbons (Fsp3) is 0.211. The summed E-state index contributed by atoms with van der Waals surface area (Å²) in [5.41, 5.74) is 1.66. The van der Waals surface area contributed by atoms with Crippen LogP contribution in [-0.4, -0.2) is 28.5 Å². The molecule has 138 valence electrons. The van der Waals surface area contributed by atoms with Crippen molar-refractivity contribution in [3.05, 3.63) is 59.5 Å². The lowest BCUT2D eigenvalue weighted by Crippen LogP contribution is -2.02. The van der Waals surface area contributed by atoms with Gasteiger partial charge in [-0.2, -0.15) is 0 Å². The summed E-state index contributed by atoms with van der Waals surface area (Å²) in [6, 6.07) is 12.8. The Morgan fingerprint density at radius 1 is 1.15 bits per heavy atom.